The highest BCUT2D eigenvalue weighted by atomic mass is 16.5. The molecule has 2 aromatic rings. The van der Waals surface area contributed by atoms with Gasteiger partial charge in [0.15, 0.2) is 0 Å². The molecule has 2 aliphatic heterocycles. The van der Waals surface area contributed by atoms with Gasteiger partial charge in [-0.3, -0.25) is 4.79 Å². The summed E-state index contributed by atoms with van der Waals surface area (Å²) < 4.78 is 7.96. The summed E-state index contributed by atoms with van der Waals surface area (Å²) in [5.41, 5.74) is 1.32. The average Bonchev–Trinajstić information content (AvgIpc) is 3.10. The molecule has 2 atom stereocenters. The SMILES string of the molecule is CCn1ccnc1CN(C(=O)[C@H]1COc2ccccc21)[C@H]1CC12CCNCC2. The van der Waals surface area contributed by atoms with E-state index in [0.717, 1.165) is 56.0 Å². The molecule has 0 bridgehead atoms. The number of piperidine rings is 1. The molecule has 1 saturated carbocycles. The van der Waals surface area contributed by atoms with Crippen LogP contribution >= 0.6 is 0 Å². The number of ether oxygens (including phenoxy) is 1. The topological polar surface area (TPSA) is 59.4 Å². The molecule has 148 valence electrons. The van der Waals surface area contributed by atoms with E-state index in [-0.39, 0.29) is 11.8 Å². The number of rotatable bonds is 5. The minimum absolute atomic E-state index is 0.191. The monoisotopic (exact) mass is 380 g/mol. The molecule has 0 unspecified atom stereocenters. The first-order valence-electron chi connectivity index (χ1n) is 10.4. The number of aryl methyl sites for hydroxylation is 1. The fourth-order valence-corrected chi connectivity index (χ4v) is 5.07. The lowest BCUT2D eigenvalue weighted by atomic mass is 9.93. The highest BCUT2D eigenvalue weighted by molar-refractivity contribution is 5.86. The van der Waals surface area contributed by atoms with Crippen LogP contribution in [0.4, 0.5) is 0 Å². The van der Waals surface area contributed by atoms with E-state index in [0.29, 0.717) is 24.6 Å². The van der Waals surface area contributed by atoms with Crippen LogP contribution in [0.25, 0.3) is 0 Å². The fourth-order valence-electron chi connectivity index (χ4n) is 5.07. The number of aromatic nitrogens is 2. The van der Waals surface area contributed by atoms with Gasteiger partial charge in [-0.25, -0.2) is 4.98 Å². The van der Waals surface area contributed by atoms with Crippen molar-refractivity contribution in [3.8, 4) is 5.75 Å². The number of imidazole rings is 1. The number of carbonyl (C=O) groups is 1. The predicted molar refractivity (Wildman–Crippen MR) is 106 cm³/mol. The maximum absolute atomic E-state index is 13.7. The quantitative estimate of drug-likeness (QED) is 0.866. The molecule has 1 N–H and O–H groups in total. The van der Waals surface area contributed by atoms with Crippen molar-refractivity contribution in [2.24, 2.45) is 5.41 Å². The van der Waals surface area contributed by atoms with Crippen LogP contribution in [0.5, 0.6) is 5.75 Å². The first-order chi connectivity index (χ1) is 13.7. The molecule has 1 aromatic heterocycles. The van der Waals surface area contributed by atoms with Gasteiger partial charge in [-0.1, -0.05) is 18.2 Å². The highest BCUT2D eigenvalue weighted by Crippen LogP contribution is 2.56. The molecule has 1 aromatic carbocycles. The number of amides is 1. The van der Waals surface area contributed by atoms with E-state index in [2.05, 4.69) is 26.7 Å². The maximum atomic E-state index is 13.7. The second-order valence-electron chi connectivity index (χ2n) is 8.33. The Hall–Kier alpha value is -2.34. The van der Waals surface area contributed by atoms with Gasteiger partial charge >= 0.3 is 0 Å². The lowest BCUT2D eigenvalue weighted by Gasteiger charge is -2.31. The zero-order valence-electron chi connectivity index (χ0n) is 16.4. The highest BCUT2D eigenvalue weighted by Gasteiger charge is 2.58. The van der Waals surface area contributed by atoms with E-state index in [1.54, 1.807) is 0 Å². The maximum Gasteiger partial charge on any atom is 0.234 e. The summed E-state index contributed by atoms with van der Waals surface area (Å²) in [4.78, 5) is 20.4. The van der Waals surface area contributed by atoms with Crippen LogP contribution in [0.1, 0.15) is 43.5 Å². The van der Waals surface area contributed by atoms with Crippen LogP contribution in [0.3, 0.4) is 0 Å². The Bertz CT molecular complexity index is 871. The van der Waals surface area contributed by atoms with Gasteiger partial charge in [-0.05, 0) is 50.8 Å². The molecule has 28 heavy (non-hydrogen) atoms. The van der Waals surface area contributed by atoms with Gasteiger partial charge in [0.05, 0.1) is 6.54 Å². The Morgan fingerprint density at radius 1 is 1.36 bits per heavy atom. The van der Waals surface area contributed by atoms with Crippen molar-refractivity contribution >= 4 is 5.91 Å². The summed E-state index contributed by atoms with van der Waals surface area (Å²) in [6.07, 6.45) is 7.26. The summed E-state index contributed by atoms with van der Waals surface area (Å²) in [5, 5.41) is 3.46. The Labute approximate surface area is 165 Å². The number of carbonyl (C=O) groups excluding carboxylic acids is 1. The minimum atomic E-state index is -0.208. The summed E-state index contributed by atoms with van der Waals surface area (Å²) >= 11 is 0. The van der Waals surface area contributed by atoms with Crippen LogP contribution in [-0.2, 0) is 17.9 Å². The van der Waals surface area contributed by atoms with Gasteiger partial charge in [-0.2, -0.15) is 0 Å². The van der Waals surface area contributed by atoms with Crippen LogP contribution in [0.2, 0.25) is 0 Å². The normalized spacial score (nSPS) is 24.6. The standard InChI is InChI=1S/C22H28N4O2/c1-2-25-12-11-24-20(25)14-26(19-13-22(19)7-9-23-10-8-22)21(27)17-15-28-18-6-4-3-5-16(17)18/h3-6,11-12,17,19,23H,2,7-10,13-15H2,1H3/t17-,19-/m0/s1. The molecule has 1 aliphatic carbocycles. The molecule has 6 heteroatoms. The largest absolute Gasteiger partial charge is 0.492 e. The van der Waals surface area contributed by atoms with Crippen molar-refractivity contribution in [1.29, 1.82) is 0 Å². The van der Waals surface area contributed by atoms with Gasteiger partial charge in [0.25, 0.3) is 0 Å². The van der Waals surface area contributed by atoms with Gasteiger partial charge in [-0.15, -0.1) is 0 Å². The van der Waals surface area contributed by atoms with Crippen LogP contribution in [-0.4, -0.2) is 46.1 Å². The first kappa shape index (κ1) is 17.7. The van der Waals surface area contributed by atoms with Crippen LogP contribution in [0.15, 0.2) is 36.7 Å². The molecule has 0 radical (unpaired) electrons. The van der Waals surface area contributed by atoms with E-state index >= 15 is 0 Å². The van der Waals surface area contributed by atoms with Crippen molar-refractivity contribution < 1.29 is 9.53 Å². The van der Waals surface area contributed by atoms with E-state index in [4.69, 9.17) is 4.74 Å². The smallest absolute Gasteiger partial charge is 0.234 e. The molecule has 6 nitrogen and oxygen atoms in total. The van der Waals surface area contributed by atoms with Crippen molar-refractivity contribution in [3.05, 3.63) is 48.0 Å². The Balaban J connectivity index is 1.44. The van der Waals surface area contributed by atoms with Gasteiger partial charge in [0.2, 0.25) is 5.91 Å². The number of nitrogens with one attached hydrogen (secondary N) is 1. The molecule has 5 rings (SSSR count). The van der Waals surface area contributed by atoms with Crippen LogP contribution < -0.4 is 10.1 Å². The summed E-state index contributed by atoms with van der Waals surface area (Å²) in [6.45, 7) is 6.11. The summed E-state index contributed by atoms with van der Waals surface area (Å²) in [6, 6.07) is 8.27. The molecule has 3 aliphatic rings. The molecule has 3 heterocycles. The predicted octanol–water partition coefficient (Wildman–Crippen LogP) is 2.55. The lowest BCUT2D eigenvalue weighted by molar-refractivity contribution is -0.135. The number of para-hydroxylation sites is 1. The van der Waals surface area contributed by atoms with Gasteiger partial charge < -0.3 is 19.5 Å². The first-order valence-corrected chi connectivity index (χ1v) is 10.4. The van der Waals surface area contributed by atoms with Crippen molar-refractivity contribution in [1.82, 2.24) is 19.8 Å². The van der Waals surface area contributed by atoms with E-state index in [9.17, 15) is 4.79 Å². The average molecular weight is 380 g/mol. The number of benzene rings is 1. The second kappa shape index (κ2) is 6.92. The molecule has 2 fully saturated rings. The number of nitrogens with zero attached hydrogens (tertiary/aromatic N) is 3. The Kier molecular flexibility index (Phi) is 4.38. The Morgan fingerprint density at radius 2 is 2.18 bits per heavy atom. The van der Waals surface area contributed by atoms with E-state index < -0.39 is 0 Å². The van der Waals surface area contributed by atoms with Gasteiger partial charge in [0, 0.05) is 30.5 Å². The molecule has 1 saturated heterocycles. The zero-order chi connectivity index (χ0) is 19.1. The molecule has 1 spiro atoms. The third-order valence-electron chi connectivity index (χ3n) is 6.86. The minimum Gasteiger partial charge on any atom is -0.492 e. The van der Waals surface area contributed by atoms with E-state index in [1.165, 1.54) is 0 Å². The Morgan fingerprint density at radius 3 is 3.00 bits per heavy atom. The van der Waals surface area contributed by atoms with Crippen molar-refractivity contribution in [2.75, 3.05) is 19.7 Å². The van der Waals surface area contributed by atoms with E-state index in [1.807, 2.05) is 36.7 Å². The third-order valence-corrected chi connectivity index (χ3v) is 6.86. The second-order valence-corrected chi connectivity index (χ2v) is 8.33. The molecular formula is C22H28N4O2. The number of fused-ring (bicyclic) bond motifs is 1. The molecular weight excluding hydrogens is 352 g/mol. The van der Waals surface area contributed by atoms with Crippen LogP contribution in [0, 0.1) is 5.41 Å². The molecule has 1 amide bonds. The third kappa shape index (κ3) is 2.91. The number of hydrogen-bond acceptors (Lipinski definition) is 4. The van der Waals surface area contributed by atoms with Gasteiger partial charge in [0.1, 0.15) is 24.1 Å². The number of hydrogen-bond donors (Lipinski definition) is 1. The van der Waals surface area contributed by atoms with Crippen molar-refractivity contribution in [2.45, 2.75) is 51.2 Å². The lowest BCUT2D eigenvalue weighted by Crippen LogP contribution is -2.42. The zero-order valence-corrected chi connectivity index (χ0v) is 16.4. The van der Waals surface area contributed by atoms with Crippen molar-refractivity contribution in [3.63, 3.8) is 0 Å². The summed E-state index contributed by atoms with van der Waals surface area (Å²) in [5.74, 6) is 1.80. The summed E-state index contributed by atoms with van der Waals surface area (Å²) in [7, 11) is 0. The fraction of sp³-hybridized carbons (Fsp3) is 0.545.